The molecule has 2 aromatic rings. The average Bonchev–Trinajstić information content (AvgIpc) is 3.28. The van der Waals surface area contributed by atoms with Gasteiger partial charge in [0.1, 0.15) is 11.6 Å². The molecule has 2 fully saturated rings. The van der Waals surface area contributed by atoms with Crippen LogP contribution in [0.5, 0.6) is 0 Å². The zero-order valence-electron chi connectivity index (χ0n) is 13.9. The van der Waals surface area contributed by atoms with Crippen LogP contribution in [0.3, 0.4) is 0 Å². The lowest BCUT2D eigenvalue weighted by atomic mass is 10.0. The molecule has 0 radical (unpaired) electrons. The molecule has 0 bridgehead atoms. The molecule has 24 heavy (non-hydrogen) atoms. The number of carbonyl (C=O) groups excluding carboxylic acids is 1. The molecule has 4 rings (SSSR count). The Morgan fingerprint density at radius 2 is 2.25 bits per heavy atom. The summed E-state index contributed by atoms with van der Waals surface area (Å²) in [5.41, 5.74) is 0.951. The van der Waals surface area contributed by atoms with Gasteiger partial charge in [0.2, 0.25) is 5.91 Å². The highest BCUT2D eigenvalue weighted by atomic mass is 19.1. The van der Waals surface area contributed by atoms with E-state index in [1.54, 1.807) is 12.1 Å². The van der Waals surface area contributed by atoms with Gasteiger partial charge in [0.25, 0.3) is 0 Å². The Morgan fingerprint density at radius 1 is 1.38 bits per heavy atom. The number of imidazole rings is 1. The summed E-state index contributed by atoms with van der Waals surface area (Å²) in [6.45, 7) is 3.58. The van der Waals surface area contributed by atoms with E-state index < -0.39 is 0 Å². The normalized spacial score (nSPS) is 26.4. The lowest BCUT2D eigenvalue weighted by Gasteiger charge is -2.34. The van der Waals surface area contributed by atoms with E-state index in [4.69, 9.17) is 0 Å². The molecular weight excluding hydrogens is 305 g/mol. The van der Waals surface area contributed by atoms with Crippen LogP contribution in [-0.2, 0) is 4.79 Å². The number of benzene rings is 1. The van der Waals surface area contributed by atoms with Crippen LogP contribution in [0.1, 0.15) is 42.6 Å². The average molecular weight is 327 g/mol. The van der Waals surface area contributed by atoms with E-state index in [1.807, 2.05) is 30.3 Å². The summed E-state index contributed by atoms with van der Waals surface area (Å²) in [6, 6.07) is 6.98. The minimum absolute atomic E-state index is 0.0226. The third-order valence-corrected chi connectivity index (χ3v) is 5.35. The predicted molar refractivity (Wildman–Crippen MR) is 89.1 cm³/mol. The van der Waals surface area contributed by atoms with Crippen LogP contribution in [0, 0.1) is 18.7 Å². The highest BCUT2D eigenvalue weighted by molar-refractivity contribution is 5.83. The van der Waals surface area contributed by atoms with E-state index in [1.165, 1.54) is 6.07 Å². The summed E-state index contributed by atoms with van der Waals surface area (Å²) in [4.78, 5) is 19.1. The van der Waals surface area contributed by atoms with E-state index in [9.17, 15) is 9.18 Å². The van der Waals surface area contributed by atoms with Crippen LogP contribution < -0.4 is 0 Å². The van der Waals surface area contributed by atoms with Crippen molar-refractivity contribution >= 4 is 5.91 Å². The van der Waals surface area contributed by atoms with Crippen molar-refractivity contribution in [1.29, 1.82) is 0 Å². The molecule has 4 nitrogen and oxygen atoms in total. The molecule has 1 aromatic carbocycles. The molecule has 3 atom stereocenters. The van der Waals surface area contributed by atoms with Gasteiger partial charge in [-0.15, -0.1) is 0 Å². The third kappa shape index (κ3) is 2.83. The molecule has 1 aliphatic carbocycles. The number of piperidine rings is 1. The molecule has 0 N–H and O–H groups in total. The number of halogens is 1. The lowest BCUT2D eigenvalue weighted by molar-refractivity contribution is -0.134. The maximum atomic E-state index is 13.4. The molecule has 1 aromatic heterocycles. The fourth-order valence-electron chi connectivity index (χ4n) is 3.96. The highest BCUT2D eigenvalue weighted by Gasteiger charge is 2.46. The first kappa shape index (κ1) is 15.4. The molecule has 1 saturated heterocycles. The standard InChI is InChI=1S/C19H22FN3O/c1-13-21-7-9-23(13)16-6-3-8-22(12-16)19(24)18-11-17(18)14-4-2-5-15(20)10-14/h2,4-5,7,9-10,16-18H,3,6,8,11-12H2,1H3/t16-,17-,18-/m1/s1. The van der Waals surface area contributed by atoms with E-state index in [2.05, 4.69) is 9.55 Å². The Kier molecular flexibility index (Phi) is 3.87. The van der Waals surface area contributed by atoms with Crippen molar-refractivity contribution in [2.45, 2.75) is 38.1 Å². The summed E-state index contributed by atoms with van der Waals surface area (Å²) in [7, 11) is 0. The van der Waals surface area contributed by atoms with Crippen molar-refractivity contribution in [3.05, 3.63) is 53.9 Å². The predicted octanol–water partition coefficient (Wildman–Crippen LogP) is 3.30. The van der Waals surface area contributed by atoms with Gasteiger partial charge in [-0.3, -0.25) is 4.79 Å². The van der Waals surface area contributed by atoms with Gasteiger partial charge in [-0.2, -0.15) is 0 Å². The Bertz CT molecular complexity index is 757. The number of rotatable bonds is 3. The van der Waals surface area contributed by atoms with Crippen LogP contribution in [-0.4, -0.2) is 33.4 Å². The Balaban J connectivity index is 1.43. The van der Waals surface area contributed by atoms with Crippen molar-refractivity contribution in [3.63, 3.8) is 0 Å². The summed E-state index contributed by atoms with van der Waals surface area (Å²) >= 11 is 0. The van der Waals surface area contributed by atoms with E-state index in [-0.39, 0.29) is 23.6 Å². The van der Waals surface area contributed by atoms with Crippen LogP contribution >= 0.6 is 0 Å². The van der Waals surface area contributed by atoms with Crippen LogP contribution in [0.15, 0.2) is 36.7 Å². The molecule has 5 heteroatoms. The van der Waals surface area contributed by atoms with Crippen molar-refractivity contribution in [1.82, 2.24) is 14.5 Å². The van der Waals surface area contributed by atoms with Crippen molar-refractivity contribution in [2.24, 2.45) is 5.92 Å². The van der Waals surface area contributed by atoms with Crippen molar-refractivity contribution in [3.8, 4) is 0 Å². The Hall–Kier alpha value is -2.17. The summed E-state index contributed by atoms with van der Waals surface area (Å²) < 4.78 is 15.6. The number of aromatic nitrogens is 2. The molecule has 1 aliphatic heterocycles. The fourth-order valence-corrected chi connectivity index (χ4v) is 3.96. The number of aryl methyl sites for hydroxylation is 1. The number of hydrogen-bond donors (Lipinski definition) is 0. The Labute approximate surface area is 141 Å². The van der Waals surface area contributed by atoms with Gasteiger partial charge in [-0.05, 0) is 49.8 Å². The first-order valence-corrected chi connectivity index (χ1v) is 8.67. The van der Waals surface area contributed by atoms with Gasteiger partial charge < -0.3 is 9.47 Å². The van der Waals surface area contributed by atoms with E-state index in [0.29, 0.717) is 6.04 Å². The van der Waals surface area contributed by atoms with Gasteiger partial charge in [0, 0.05) is 31.4 Å². The van der Waals surface area contributed by atoms with Gasteiger partial charge in [-0.1, -0.05) is 12.1 Å². The maximum absolute atomic E-state index is 13.4. The fraction of sp³-hybridized carbons (Fsp3) is 0.474. The molecule has 2 aliphatic rings. The quantitative estimate of drug-likeness (QED) is 0.867. The highest BCUT2D eigenvalue weighted by Crippen LogP contribution is 2.49. The van der Waals surface area contributed by atoms with Crippen LogP contribution in [0.2, 0.25) is 0 Å². The molecule has 1 saturated carbocycles. The van der Waals surface area contributed by atoms with Crippen LogP contribution in [0.4, 0.5) is 4.39 Å². The zero-order valence-corrected chi connectivity index (χ0v) is 13.9. The van der Waals surface area contributed by atoms with E-state index >= 15 is 0 Å². The van der Waals surface area contributed by atoms with Crippen molar-refractivity contribution in [2.75, 3.05) is 13.1 Å². The molecule has 2 heterocycles. The lowest BCUT2D eigenvalue weighted by Crippen LogP contribution is -2.41. The number of carbonyl (C=O) groups is 1. The minimum Gasteiger partial charge on any atom is -0.340 e. The first-order valence-electron chi connectivity index (χ1n) is 8.67. The second-order valence-electron chi connectivity index (χ2n) is 6.97. The maximum Gasteiger partial charge on any atom is 0.226 e. The summed E-state index contributed by atoms with van der Waals surface area (Å²) in [6.07, 6.45) is 6.76. The minimum atomic E-state index is -0.223. The summed E-state index contributed by atoms with van der Waals surface area (Å²) in [5.74, 6) is 1.21. The zero-order chi connectivity index (χ0) is 16.7. The molecule has 0 spiro atoms. The third-order valence-electron chi connectivity index (χ3n) is 5.35. The topological polar surface area (TPSA) is 38.1 Å². The largest absolute Gasteiger partial charge is 0.340 e. The molecule has 126 valence electrons. The second-order valence-corrected chi connectivity index (χ2v) is 6.97. The molecule has 1 amide bonds. The first-order chi connectivity index (χ1) is 11.6. The van der Waals surface area contributed by atoms with Gasteiger partial charge in [0.15, 0.2) is 0 Å². The van der Waals surface area contributed by atoms with Crippen LogP contribution in [0.25, 0.3) is 0 Å². The number of likely N-dealkylation sites (tertiary alicyclic amines) is 1. The molecular formula is C19H22FN3O. The van der Waals surface area contributed by atoms with E-state index in [0.717, 1.165) is 43.7 Å². The number of amides is 1. The molecule has 0 unspecified atom stereocenters. The summed E-state index contributed by atoms with van der Waals surface area (Å²) in [5, 5.41) is 0. The Morgan fingerprint density at radius 3 is 3.00 bits per heavy atom. The van der Waals surface area contributed by atoms with Gasteiger partial charge in [0.05, 0.1) is 6.04 Å². The second kappa shape index (κ2) is 6.04. The smallest absolute Gasteiger partial charge is 0.226 e. The van der Waals surface area contributed by atoms with Gasteiger partial charge >= 0.3 is 0 Å². The van der Waals surface area contributed by atoms with Crippen molar-refractivity contribution < 1.29 is 9.18 Å². The SMILES string of the molecule is Cc1nccn1[C@@H]1CCCN(C(=O)[C@@H]2C[C@@H]2c2cccc(F)c2)C1. The monoisotopic (exact) mass is 327 g/mol. The van der Waals surface area contributed by atoms with Gasteiger partial charge in [-0.25, -0.2) is 9.37 Å². The number of nitrogens with zero attached hydrogens (tertiary/aromatic N) is 3. The number of hydrogen-bond acceptors (Lipinski definition) is 2.